The number of benzene rings is 1. The van der Waals surface area contributed by atoms with Gasteiger partial charge >= 0.3 is 0 Å². The van der Waals surface area contributed by atoms with E-state index in [0.29, 0.717) is 18.2 Å². The summed E-state index contributed by atoms with van der Waals surface area (Å²) in [5, 5.41) is 4.05. The number of para-hydroxylation sites is 1. The van der Waals surface area contributed by atoms with Crippen LogP contribution in [0, 0.1) is 6.92 Å². The molecule has 0 bridgehead atoms. The molecule has 6 nitrogen and oxygen atoms in total. The number of anilines is 1. The topological polar surface area (TPSA) is 79.4 Å². The molecule has 0 saturated carbocycles. The molecular weight excluding hydrogens is 256 g/mol. The quantitative estimate of drug-likeness (QED) is 0.644. The summed E-state index contributed by atoms with van der Waals surface area (Å²) in [5.74, 6) is 1.06. The predicted molar refractivity (Wildman–Crippen MR) is 78.4 cm³/mol. The molecule has 0 unspecified atom stereocenters. The van der Waals surface area contributed by atoms with Crippen molar-refractivity contribution < 1.29 is 4.74 Å². The minimum Gasteiger partial charge on any atom is -0.493 e. The molecule has 20 heavy (non-hydrogen) atoms. The van der Waals surface area contributed by atoms with Crippen molar-refractivity contribution in [2.24, 2.45) is 5.10 Å². The van der Waals surface area contributed by atoms with Gasteiger partial charge in [-0.05, 0) is 26.0 Å². The Morgan fingerprint density at radius 2 is 2.25 bits per heavy atom. The van der Waals surface area contributed by atoms with E-state index in [1.165, 1.54) is 6.07 Å². The minimum atomic E-state index is -0.218. The lowest BCUT2D eigenvalue weighted by Crippen LogP contribution is -2.10. The second-order valence-corrected chi connectivity index (χ2v) is 4.08. The van der Waals surface area contributed by atoms with Gasteiger partial charge in [0.15, 0.2) is 0 Å². The van der Waals surface area contributed by atoms with Crippen LogP contribution in [0.1, 0.15) is 18.2 Å². The van der Waals surface area contributed by atoms with E-state index in [2.05, 4.69) is 20.5 Å². The fraction of sp³-hybridized carbons (Fsp3) is 0.214. The number of hydrogen-bond donors (Lipinski definition) is 2. The molecule has 0 spiro atoms. The molecule has 1 heterocycles. The predicted octanol–water partition coefficient (Wildman–Crippen LogP) is 1.92. The van der Waals surface area contributed by atoms with E-state index in [9.17, 15) is 4.79 Å². The molecule has 0 aliphatic heterocycles. The first-order valence-electron chi connectivity index (χ1n) is 6.28. The van der Waals surface area contributed by atoms with Crippen LogP contribution in [0.2, 0.25) is 0 Å². The Kier molecular flexibility index (Phi) is 4.49. The van der Waals surface area contributed by atoms with E-state index in [0.717, 1.165) is 11.3 Å². The van der Waals surface area contributed by atoms with E-state index in [1.54, 1.807) is 13.1 Å². The smallest absolute Gasteiger partial charge is 0.252 e. The minimum absolute atomic E-state index is 0.218. The van der Waals surface area contributed by atoms with Gasteiger partial charge in [0.05, 0.1) is 12.8 Å². The molecule has 0 fully saturated rings. The number of nitrogens with one attached hydrogen (secondary N) is 2. The van der Waals surface area contributed by atoms with E-state index in [4.69, 9.17) is 4.74 Å². The van der Waals surface area contributed by atoms with Crippen molar-refractivity contribution in [2.45, 2.75) is 13.8 Å². The number of aryl methyl sites for hydroxylation is 1. The van der Waals surface area contributed by atoms with E-state index in [-0.39, 0.29) is 5.56 Å². The van der Waals surface area contributed by atoms with Gasteiger partial charge in [0.1, 0.15) is 5.75 Å². The molecule has 2 N–H and O–H groups in total. The average Bonchev–Trinajstić information content (AvgIpc) is 2.40. The van der Waals surface area contributed by atoms with Gasteiger partial charge in [-0.25, -0.2) is 10.4 Å². The molecule has 1 aromatic heterocycles. The van der Waals surface area contributed by atoms with Gasteiger partial charge in [-0.3, -0.25) is 9.78 Å². The number of hydrogen-bond acceptors (Lipinski definition) is 5. The van der Waals surface area contributed by atoms with Crippen molar-refractivity contribution in [3.8, 4) is 5.75 Å². The lowest BCUT2D eigenvalue weighted by Gasteiger charge is -2.05. The summed E-state index contributed by atoms with van der Waals surface area (Å²) in [7, 11) is 0. The first kappa shape index (κ1) is 13.8. The summed E-state index contributed by atoms with van der Waals surface area (Å²) in [4.78, 5) is 17.9. The van der Waals surface area contributed by atoms with Crippen molar-refractivity contribution >= 4 is 12.2 Å². The maximum Gasteiger partial charge on any atom is 0.252 e. The Balaban J connectivity index is 2.12. The normalized spacial score (nSPS) is 10.7. The molecule has 0 radical (unpaired) electrons. The summed E-state index contributed by atoms with van der Waals surface area (Å²) < 4.78 is 5.49. The van der Waals surface area contributed by atoms with Gasteiger partial charge < -0.3 is 4.74 Å². The lowest BCUT2D eigenvalue weighted by atomic mass is 10.2. The molecule has 0 aliphatic carbocycles. The van der Waals surface area contributed by atoms with Crippen molar-refractivity contribution in [1.82, 2.24) is 9.97 Å². The summed E-state index contributed by atoms with van der Waals surface area (Å²) in [6, 6.07) is 8.98. The third-order valence-corrected chi connectivity index (χ3v) is 2.46. The molecule has 1 aromatic carbocycles. The monoisotopic (exact) mass is 272 g/mol. The lowest BCUT2D eigenvalue weighted by molar-refractivity contribution is 0.340. The van der Waals surface area contributed by atoms with Crippen LogP contribution in [-0.2, 0) is 0 Å². The van der Waals surface area contributed by atoms with E-state index in [1.807, 2.05) is 31.2 Å². The Morgan fingerprint density at radius 3 is 3.00 bits per heavy atom. The number of ether oxygens (including phenoxy) is 1. The third-order valence-electron chi connectivity index (χ3n) is 2.46. The van der Waals surface area contributed by atoms with Crippen molar-refractivity contribution in [3.05, 3.63) is 51.9 Å². The van der Waals surface area contributed by atoms with Gasteiger partial charge in [-0.1, -0.05) is 12.1 Å². The van der Waals surface area contributed by atoms with Gasteiger partial charge in [-0.2, -0.15) is 5.10 Å². The second-order valence-electron chi connectivity index (χ2n) is 4.08. The van der Waals surface area contributed by atoms with Gasteiger partial charge in [0.25, 0.3) is 5.56 Å². The largest absolute Gasteiger partial charge is 0.493 e. The number of aromatic amines is 1. The van der Waals surface area contributed by atoms with Crippen molar-refractivity contribution in [2.75, 3.05) is 12.0 Å². The van der Waals surface area contributed by atoms with Crippen LogP contribution in [0.15, 0.2) is 40.2 Å². The molecule has 0 amide bonds. The van der Waals surface area contributed by atoms with Gasteiger partial charge in [0, 0.05) is 17.3 Å². The molecule has 0 aliphatic rings. The molecule has 2 aromatic rings. The third kappa shape index (κ3) is 3.68. The zero-order chi connectivity index (χ0) is 14.4. The Labute approximate surface area is 116 Å². The van der Waals surface area contributed by atoms with Crippen LogP contribution in [0.4, 0.5) is 5.95 Å². The standard InChI is InChI=1S/C14H16N4O2/c1-3-20-12-7-5-4-6-11(12)9-15-18-14-16-10(2)8-13(19)17-14/h4-9H,3H2,1-2H3,(H2,16,17,18,19). The number of aromatic nitrogens is 2. The highest BCUT2D eigenvalue weighted by molar-refractivity contribution is 5.83. The highest BCUT2D eigenvalue weighted by Gasteiger charge is 1.99. The van der Waals surface area contributed by atoms with Crippen molar-refractivity contribution in [1.29, 1.82) is 0 Å². The van der Waals surface area contributed by atoms with Crippen LogP contribution >= 0.6 is 0 Å². The first-order chi connectivity index (χ1) is 9.69. The molecule has 6 heteroatoms. The van der Waals surface area contributed by atoms with Crippen LogP contribution < -0.4 is 15.7 Å². The first-order valence-corrected chi connectivity index (χ1v) is 6.28. The molecule has 0 saturated heterocycles. The van der Waals surface area contributed by atoms with Gasteiger partial charge in [0.2, 0.25) is 5.95 Å². The highest BCUT2D eigenvalue weighted by atomic mass is 16.5. The van der Waals surface area contributed by atoms with Crippen LogP contribution in [-0.4, -0.2) is 22.8 Å². The van der Waals surface area contributed by atoms with E-state index < -0.39 is 0 Å². The molecule has 0 atom stereocenters. The summed E-state index contributed by atoms with van der Waals surface area (Å²) in [6.45, 7) is 4.26. The van der Waals surface area contributed by atoms with Crippen molar-refractivity contribution in [3.63, 3.8) is 0 Å². The number of nitrogens with zero attached hydrogens (tertiary/aromatic N) is 2. The SMILES string of the molecule is CCOc1ccccc1C=NNc1nc(C)cc(=O)[nH]1. The molecule has 2 rings (SSSR count). The summed E-state index contributed by atoms with van der Waals surface area (Å²) in [5.41, 5.74) is 3.94. The van der Waals surface area contributed by atoms with Gasteiger partial charge in [-0.15, -0.1) is 0 Å². The van der Waals surface area contributed by atoms with Crippen LogP contribution in [0.3, 0.4) is 0 Å². The number of H-pyrrole nitrogens is 1. The van der Waals surface area contributed by atoms with E-state index >= 15 is 0 Å². The fourth-order valence-electron chi connectivity index (χ4n) is 1.67. The maximum atomic E-state index is 11.3. The fourth-order valence-corrected chi connectivity index (χ4v) is 1.67. The van der Waals surface area contributed by atoms with Crippen LogP contribution in [0.25, 0.3) is 0 Å². The zero-order valence-corrected chi connectivity index (χ0v) is 11.4. The Hall–Kier alpha value is -2.63. The molecular formula is C14H16N4O2. The van der Waals surface area contributed by atoms with Crippen LogP contribution in [0.5, 0.6) is 5.75 Å². The zero-order valence-electron chi connectivity index (χ0n) is 11.4. The Bertz CT molecular complexity index is 664. The number of hydrazone groups is 1. The summed E-state index contributed by atoms with van der Waals surface area (Å²) >= 11 is 0. The Morgan fingerprint density at radius 1 is 1.45 bits per heavy atom. The molecule has 104 valence electrons. The summed E-state index contributed by atoms with van der Waals surface area (Å²) in [6.07, 6.45) is 1.62. The average molecular weight is 272 g/mol. The second kappa shape index (κ2) is 6.51. The highest BCUT2D eigenvalue weighted by Crippen LogP contribution is 2.15. The number of rotatable bonds is 5. The maximum absolute atomic E-state index is 11.3.